The summed E-state index contributed by atoms with van der Waals surface area (Å²) >= 11 is 0. The zero-order valence-corrected chi connectivity index (χ0v) is 11.2. The van der Waals surface area contributed by atoms with Crippen molar-refractivity contribution in [3.8, 4) is 0 Å². The average Bonchev–Trinajstić information content (AvgIpc) is 2.90. The summed E-state index contributed by atoms with van der Waals surface area (Å²) in [5.41, 5.74) is 0.384. The van der Waals surface area contributed by atoms with E-state index in [0.29, 0.717) is 5.54 Å². The lowest BCUT2D eigenvalue weighted by molar-refractivity contribution is 0.197. The van der Waals surface area contributed by atoms with Crippen LogP contribution in [-0.2, 0) is 13.6 Å². The van der Waals surface area contributed by atoms with Gasteiger partial charge in [0.2, 0.25) is 0 Å². The molecule has 0 atom stereocenters. The molecule has 1 N–H and O–H groups in total. The third kappa shape index (κ3) is 2.42. The number of nitrogens with one attached hydrogen (secondary N) is 1. The minimum absolute atomic E-state index is 0.384. The Hall–Kier alpha value is -0.940. The third-order valence-electron chi connectivity index (χ3n) is 4.41. The van der Waals surface area contributed by atoms with Crippen LogP contribution in [0.25, 0.3) is 0 Å². The highest BCUT2D eigenvalue weighted by atomic mass is 15.3. The minimum Gasteiger partial charge on any atom is -0.310 e. The molecule has 5 nitrogen and oxygen atoms in total. The van der Waals surface area contributed by atoms with Gasteiger partial charge >= 0.3 is 0 Å². The summed E-state index contributed by atoms with van der Waals surface area (Å²) in [5.74, 6) is 1.07. The van der Waals surface area contributed by atoms with Crippen LogP contribution in [0.3, 0.4) is 0 Å². The summed E-state index contributed by atoms with van der Waals surface area (Å²) in [5, 5.41) is 7.95. The lowest BCUT2D eigenvalue weighted by Gasteiger charge is -2.33. The fraction of sp³-hybridized carbons (Fsp3) is 0.846. The van der Waals surface area contributed by atoms with Gasteiger partial charge in [-0.25, -0.2) is 4.98 Å². The average molecular weight is 249 g/mol. The molecule has 1 spiro atoms. The largest absolute Gasteiger partial charge is 0.310 e. The van der Waals surface area contributed by atoms with E-state index in [9.17, 15) is 0 Å². The van der Waals surface area contributed by atoms with E-state index >= 15 is 0 Å². The van der Waals surface area contributed by atoms with E-state index in [1.165, 1.54) is 45.2 Å². The van der Waals surface area contributed by atoms with E-state index in [1.54, 1.807) is 6.33 Å². The maximum atomic E-state index is 4.35. The van der Waals surface area contributed by atoms with Crippen LogP contribution in [0.4, 0.5) is 0 Å². The molecule has 0 aromatic carbocycles. The Kier molecular flexibility index (Phi) is 3.35. The fourth-order valence-corrected chi connectivity index (χ4v) is 3.40. The molecule has 2 aliphatic rings. The number of rotatable bonds is 2. The Morgan fingerprint density at radius 3 is 2.89 bits per heavy atom. The van der Waals surface area contributed by atoms with Crippen LogP contribution in [0.1, 0.15) is 37.9 Å². The molecule has 0 radical (unpaired) electrons. The zero-order chi connectivity index (χ0) is 12.4. The van der Waals surface area contributed by atoms with Crippen molar-refractivity contribution in [2.24, 2.45) is 7.05 Å². The van der Waals surface area contributed by atoms with Crippen LogP contribution in [0, 0.1) is 0 Å². The zero-order valence-electron chi connectivity index (χ0n) is 11.2. The van der Waals surface area contributed by atoms with Gasteiger partial charge in [0.05, 0.1) is 6.54 Å². The molecule has 0 bridgehead atoms. The standard InChI is InChI=1S/C13H23N5/c1-17-12(14-11-16-17)9-18-8-4-7-15-13(10-18)5-2-3-6-13/h11,15H,2-10H2,1H3. The number of aryl methyl sites for hydroxylation is 1. The molecule has 100 valence electrons. The Labute approximate surface area is 109 Å². The number of aromatic nitrogens is 3. The van der Waals surface area contributed by atoms with Gasteiger partial charge in [-0.05, 0) is 32.4 Å². The predicted molar refractivity (Wildman–Crippen MR) is 70.1 cm³/mol. The first-order valence-corrected chi connectivity index (χ1v) is 7.08. The third-order valence-corrected chi connectivity index (χ3v) is 4.41. The second kappa shape index (κ2) is 4.97. The van der Waals surface area contributed by atoms with Gasteiger partial charge in [0.1, 0.15) is 12.2 Å². The molecule has 18 heavy (non-hydrogen) atoms. The molecule has 5 heteroatoms. The van der Waals surface area contributed by atoms with E-state index < -0.39 is 0 Å². The van der Waals surface area contributed by atoms with E-state index in [0.717, 1.165) is 18.9 Å². The van der Waals surface area contributed by atoms with Crippen LogP contribution in [0.15, 0.2) is 6.33 Å². The molecule has 0 unspecified atom stereocenters. The first-order chi connectivity index (χ1) is 8.77. The molecule has 3 rings (SSSR count). The van der Waals surface area contributed by atoms with E-state index in [-0.39, 0.29) is 0 Å². The first kappa shape index (κ1) is 12.1. The van der Waals surface area contributed by atoms with Crippen LogP contribution in [0.5, 0.6) is 0 Å². The maximum Gasteiger partial charge on any atom is 0.140 e. The summed E-state index contributed by atoms with van der Waals surface area (Å²) in [6, 6.07) is 0. The molecule has 2 heterocycles. The molecular weight excluding hydrogens is 226 g/mol. The molecule has 0 amide bonds. The summed E-state index contributed by atoms with van der Waals surface area (Å²) in [7, 11) is 1.98. The van der Waals surface area contributed by atoms with E-state index in [4.69, 9.17) is 0 Å². The number of hydrogen-bond acceptors (Lipinski definition) is 4. The van der Waals surface area contributed by atoms with Gasteiger partial charge in [-0.2, -0.15) is 5.10 Å². The monoisotopic (exact) mass is 249 g/mol. The van der Waals surface area contributed by atoms with Crippen molar-refractivity contribution in [2.45, 2.75) is 44.2 Å². The van der Waals surface area contributed by atoms with Crippen molar-refractivity contribution in [1.29, 1.82) is 0 Å². The molecular formula is C13H23N5. The van der Waals surface area contributed by atoms with Crippen LogP contribution < -0.4 is 5.32 Å². The summed E-state index contributed by atoms with van der Waals surface area (Å²) < 4.78 is 1.89. The van der Waals surface area contributed by atoms with Crippen LogP contribution >= 0.6 is 0 Å². The van der Waals surface area contributed by atoms with Crippen molar-refractivity contribution in [1.82, 2.24) is 25.0 Å². The summed E-state index contributed by atoms with van der Waals surface area (Å²) in [6.07, 6.45) is 8.32. The Morgan fingerprint density at radius 1 is 1.33 bits per heavy atom. The topological polar surface area (TPSA) is 46.0 Å². The number of nitrogens with zero attached hydrogens (tertiary/aromatic N) is 4. The maximum absolute atomic E-state index is 4.35. The predicted octanol–water partition coefficient (Wildman–Crippen LogP) is 0.923. The van der Waals surface area contributed by atoms with Crippen molar-refractivity contribution >= 4 is 0 Å². The van der Waals surface area contributed by atoms with Crippen molar-refractivity contribution in [3.63, 3.8) is 0 Å². The Balaban J connectivity index is 1.69. The highest BCUT2D eigenvalue weighted by Crippen LogP contribution is 2.31. The van der Waals surface area contributed by atoms with Gasteiger partial charge in [-0.3, -0.25) is 9.58 Å². The summed E-state index contributed by atoms with van der Waals surface area (Å²) in [4.78, 5) is 6.90. The van der Waals surface area contributed by atoms with Gasteiger partial charge < -0.3 is 5.32 Å². The van der Waals surface area contributed by atoms with Gasteiger partial charge in [0.25, 0.3) is 0 Å². The van der Waals surface area contributed by atoms with Gasteiger partial charge in [-0.15, -0.1) is 0 Å². The highest BCUT2D eigenvalue weighted by molar-refractivity contribution is 4.98. The minimum atomic E-state index is 0.384. The molecule has 1 saturated carbocycles. The normalized spacial score (nSPS) is 24.5. The van der Waals surface area contributed by atoms with Gasteiger partial charge in [0.15, 0.2) is 0 Å². The molecule has 1 aliphatic heterocycles. The molecule has 1 aromatic rings. The van der Waals surface area contributed by atoms with Crippen LogP contribution in [0.2, 0.25) is 0 Å². The second-order valence-electron chi connectivity index (χ2n) is 5.78. The molecule has 1 saturated heterocycles. The lowest BCUT2D eigenvalue weighted by atomic mass is 9.97. The van der Waals surface area contributed by atoms with Crippen molar-refractivity contribution in [3.05, 3.63) is 12.2 Å². The second-order valence-corrected chi connectivity index (χ2v) is 5.78. The molecule has 1 aromatic heterocycles. The van der Waals surface area contributed by atoms with Gasteiger partial charge in [-0.1, -0.05) is 12.8 Å². The van der Waals surface area contributed by atoms with E-state index in [1.807, 2.05) is 11.7 Å². The Bertz CT molecular complexity index is 394. The van der Waals surface area contributed by atoms with Gasteiger partial charge in [0, 0.05) is 19.1 Å². The smallest absolute Gasteiger partial charge is 0.140 e. The SMILES string of the molecule is Cn1ncnc1CN1CCCNC2(CCCC2)C1. The quantitative estimate of drug-likeness (QED) is 0.847. The fourth-order valence-electron chi connectivity index (χ4n) is 3.40. The lowest BCUT2D eigenvalue weighted by Crippen LogP contribution is -2.49. The molecule has 2 fully saturated rings. The Morgan fingerprint density at radius 2 is 2.17 bits per heavy atom. The first-order valence-electron chi connectivity index (χ1n) is 7.08. The highest BCUT2D eigenvalue weighted by Gasteiger charge is 2.36. The van der Waals surface area contributed by atoms with Crippen LogP contribution in [-0.4, -0.2) is 44.8 Å². The number of hydrogen-bond donors (Lipinski definition) is 1. The summed E-state index contributed by atoms with van der Waals surface area (Å²) in [6.45, 7) is 4.43. The van der Waals surface area contributed by atoms with E-state index in [2.05, 4.69) is 20.3 Å². The van der Waals surface area contributed by atoms with Crippen molar-refractivity contribution in [2.75, 3.05) is 19.6 Å². The van der Waals surface area contributed by atoms with Crippen molar-refractivity contribution < 1.29 is 0 Å². The molecule has 1 aliphatic carbocycles.